The second kappa shape index (κ2) is 7.68. The molecule has 0 saturated heterocycles. The van der Waals surface area contributed by atoms with Crippen molar-refractivity contribution in [1.29, 1.82) is 0 Å². The Balaban J connectivity index is 2.04. The third-order valence-electron chi connectivity index (χ3n) is 2.97. The fourth-order valence-electron chi connectivity index (χ4n) is 1.96. The molecule has 6 heteroatoms. The van der Waals surface area contributed by atoms with Crippen molar-refractivity contribution in [3.63, 3.8) is 0 Å². The molecule has 110 valence electrons. The number of hydrazine groups is 1. The SMILES string of the molecule is CCOc1ccc(B(O)O)cc1CNNc1ccccc1. The van der Waals surface area contributed by atoms with Crippen LogP contribution in [0.2, 0.25) is 0 Å². The van der Waals surface area contributed by atoms with Crippen molar-refractivity contribution in [2.24, 2.45) is 0 Å². The monoisotopic (exact) mass is 286 g/mol. The van der Waals surface area contributed by atoms with Crippen LogP contribution in [-0.4, -0.2) is 23.8 Å². The smallest absolute Gasteiger partial charge is 0.488 e. The van der Waals surface area contributed by atoms with Gasteiger partial charge < -0.3 is 20.2 Å². The molecule has 0 unspecified atom stereocenters. The Morgan fingerprint density at radius 1 is 1.10 bits per heavy atom. The van der Waals surface area contributed by atoms with Crippen LogP contribution in [0.1, 0.15) is 12.5 Å². The van der Waals surface area contributed by atoms with Gasteiger partial charge in [0.2, 0.25) is 0 Å². The standard InChI is InChI=1S/C15H19BN2O3/c1-2-21-15-9-8-13(16(19)20)10-12(15)11-17-18-14-6-4-3-5-7-14/h3-10,17-20H,2,11H2,1H3. The normalized spacial score (nSPS) is 10.2. The first-order valence-electron chi connectivity index (χ1n) is 6.86. The third kappa shape index (κ3) is 4.49. The summed E-state index contributed by atoms with van der Waals surface area (Å²) in [5, 5.41) is 18.5. The first kappa shape index (κ1) is 15.4. The van der Waals surface area contributed by atoms with Gasteiger partial charge in [0.15, 0.2) is 0 Å². The van der Waals surface area contributed by atoms with E-state index in [4.69, 9.17) is 4.74 Å². The van der Waals surface area contributed by atoms with Gasteiger partial charge in [0, 0.05) is 17.8 Å². The Morgan fingerprint density at radius 2 is 1.86 bits per heavy atom. The van der Waals surface area contributed by atoms with Crippen LogP contribution in [0, 0.1) is 0 Å². The molecule has 0 spiro atoms. The van der Waals surface area contributed by atoms with Crippen molar-refractivity contribution >= 4 is 18.3 Å². The average Bonchev–Trinajstić information content (AvgIpc) is 2.50. The minimum absolute atomic E-state index is 0.440. The van der Waals surface area contributed by atoms with Crippen LogP contribution in [0.5, 0.6) is 5.75 Å². The van der Waals surface area contributed by atoms with Gasteiger partial charge in [-0.15, -0.1) is 0 Å². The molecule has 0 heterocycles. The van der Waals surface area contributed by atoms with Crippen LogP contribution in [-0.2, 0) is 6.54 Å². The Kier molecular flexibility index (Phi) is 5.63. The molecule has 4 N–H and O–H groups in total. The molecule has 2 aromatic carbocycles. The summed E-state index contributed by atoms with van der Waals surface area (Å²) in [4.78, 5) is 0. The molecule has 0 fully saturated rings. The molecule has 21 heavy (non-hydrogen) atoms. The lowest BCUT2D eigenvalue weighted by atomic mass is 9.79. The number of anilines is 1. The molecule has 2 rings (SSSR count). The number of ether oxygens (including phenoxy) is 1. The average molecular weight is 286 g/mol. The van der Waals surface area contributed by atoms with Crippen LogP contribution < -0.4 is 21.1 Å². The van der Waals surface area contributed by atoms with E-state index in [9.17, 15) is 10.0 Å². The second-order valence-electron chi connectivity index (χ2n) is 4.52. The fourth-order valence-corrected chi connectivity index (χ4v) is 1.96. The van der Waals surface area contributed by atoms with Gasteiger partial charge in [-0.1, -0.05) is 30.3 Å². The van der Waals surface area contributed by atoms with Crippen LogP contribution in [0.3, 0.4) is 0 Å². The van der Waals surface area contributed by atoms with E-state index in [1.165, 1.54) is 0 Å². The highest BCUT2D eigenvalue weighted by Gasteiger charge is 2.13. The molecule has 0 aliphatic heterocycles. The first-order chi connectivity index (χ1) is 10.2. The van der Waals surface area contributed by atoms with Crippen LogP contribution >= 0.6 is 0 Å². The van der Waals surface area contributed by atoms with E-state index in [1.54, 1.807) is 18.2 Å². The molecule has 5 nitrogen and oxygen atoms in total. The van der Waals surface area contributed by atoms with Gasteiger partial charge >= 0.3 is 7.12 Å². The van der Waals surface area contributed by atoms with Crippen molar-refractivity contribution in [2.75, 3.05) is 12.0 Å². The summed E-state index contributed by atoms with van der Waals surface area (Å²) in [5.74, 6) is 0.726. The van der Waals surface area contributed by atoms with E-state index in [2.05, 4.69) is 10.9 Å². The Hall–Kier alpha value is -2.02. The van der Waals surface area contributed by atoms with Crippen molar-refractivity contribution in [3.8, 4) is 5.75 Å². The molecule has 0 atom stereocenters. The Labute approximate surface area is 124 Å². The Bertz CT molecular complexity index is 564. The predicted molar refractivity (Wildman–Crippen MR) is 84.3 cm³/mol. The summed E-state index contributed by atoms with van der Waals surface area (Å²) in [7, 11) is -1.48. The number of para-hydroxylation sites is 1. The molecule has 0 amide bonds. The van der Waals surface area contributed by atoms with Crippen molar-refractivity contribution < 1.29 is 14.8 Å². The molecule has 2 aromatic rings. The highest BCUT2D eigenvalue weighted by atomic mass is 16.5. The maximum atomic E-state index is 9.25. The van der Waals surface area contributed by atoms with Crippen LogP contribution in [0.25, 0.3) is 0 Å². The van der Waals surface area contributed by atoms with Gasteiger partial charge in [-0.25, -0.2) is 5.43 Å². The number of rotatable bonds is 7. The number of hydrogen-bond acceptors (Lipinski definition) is 5. The number of benzene rings is 2. The lowest BCUT2D eigenvalue weighted by Gasteiger charge is -2.14. The zero-order valence-corrected chi connectivity index (χ0v) is 11.9. The van der Waals surface area contributed by atoms with Gasteiger partial charge in [0.05, 0.1) is 6.61 Å². The van der Waals surface area contributed by atoms with Gasteiger partial charge in [0.25, 0.3) is 0 Å². The molecule has 0 aliphatic carbocycles. The maximum absolute atomic E-state index is 9.25. The summed E-state index contributed by atoms with van der Waals surface area (Å²) in [6, 6.07) is 14.8. The van der Waals surface area contributed by atoms with Gasteiger partial charge in [-0.3, -0.25) is 0 Å². The largest absolute Gasteiger partial charge is 0.494 e. The Morgan fingerprint density at radius 3 is 2.52 bits per heavy atom. The zero-order chi connectivity index (χ0) is 15.1. The third-order valence-corrected chi connectivity index (χ3v) is 2.97. The second-order valence-corrected chi connectivity index (χ2v) is 4.52. The van der Waals surface area contributed by atoms with E-state index < -0.39 is 7.12 Å². The zero-order valence-electron chi connectivity index (χ0n) is 11.9. The number of hydrogen-bond donors (Lipinski definition) is 4. The summed E-state index contributed by atoms with van der Waals surface area (Å²) in [6.45, 7) is 2.96. The van der Waals surface area contributed by atoms with Crippen molar-refractivity contribution in [3.05, 3.63) is 54.1 Å². The van der Waals surface area contributed by atoms with E-state index in [1.807, 2.05) is 37.3 Å². The topological polar surface area (TPSA) is 73.8 Å². The first-order valence-corrected chi connectivity index (χ1v) is 6.86. The van der Waals surface area contributed by atoms with Gasteiger partial charge in [-0.05, 0) is 30.6 Å². The highest BCUT2D eigenvalue weighted by molar-refractivity contribution is 6.58. The number of nitrogens with one attached hydrogen (secondary N) is 2. The van der Waals surface area contributed by atoms with Crippen molar-refractivity contribution in [2.45, 2.75) is 13.5 Å². The molecular formula is C15H19BN2O3. The minimum atomic E-state index is -1.48. The summed E-state index contributed by atoms with van der Waals surface area (Å²) < 4.78 is 5.54. The summed E-state index contributed by atoms with van der Waals surface area (Å²) >= 11 is 0. The lowest BCUT2D eigenvalue weighted by molar-refractivity contribution is 0.336. The summed E-state index contributed by atoms with van der Waals surface area (Å²) in [5.41, 5.74) is 8.42. The minimum Gasteiger partial charge on any atom is -0.494 e. The highest BCUT2D eigenvalue weighted by Crippen LogP contribution is 2.17. The fraction of sp³-hybridized carbons (Fsp3) is 0.200. The van der Waals surface area contributed by atoms with Gasteiger partial charge in [0.1, 0.15) is 5.75 Å². The molecule has 0 aromatic heterocycles. The molecule has 0 aliphatic rings. The molecule has 0 radical (unpaired) electrons. The molecule has 0 bridgehead atoms. The van der Waals surface area contributed by atoms with E-state index in [-0.39, 0.29) is 0 Å². The quantitative estimate of drug-likeness (QED) is 0.449. The van der Waals surface area contributed by atoms with E-state index >= 15 is 0 Å². The maximum Gasteiger partial charge on any atom is 0.488 e. The molecule has 0 saturated carbocycles. The van der Waals surface area contributed by atoms with Crippen molar-refractivity contribution in [1.82, 2.24) is 5.43 Å². The molecular weight excluding hydrogens is 267 g/mol. The van der Waals surface area contributed by atoms with E-state index in [0.717, 1.165) is 17.0 Å². The van der Waals surface area contributed by atoms with E-state index in [0.29, 0.717) is 18.6 Å². The van der Waals surface area contributed by atoms with Crippen LogP contribution in [0.4, 0.5) is 5.69 Å². The predicted octanol–water partition coefficient (Wildman–Crippen LogP) is 0.882. The van der Waals surface area contributed by atoms with Gasteiger partial charge in [-0.2, -0.15) is 0 Å². The summed E-state index contributed by atoms with van der Waals surface area (Å²) in [6.07, 6.45) is 0. The van der Waals surface area contributed by atoms with Crippen LogP contribution in [0.15, 0.2) is 48.5 Å². The lowest BCUT2D eigenvalue weighted by Crippen LogP contribution is -2.31.